The van der Waals surface area contributed by atoms with E-state index in [1.165, 1.54) is 18.4 Å². The van der Waals surface area contributed by atoms with Crippen molar-refractivity contribution >= 4 is 5.91 Å². The molecule has 0 saturated heterocycles. The molecule has 20 heavy (non-hydrogen) atoms. The lowest BCUT2D eigenvalue weighted by molar-refractivity contribution is -0.123. The van der Waals surface area contributed by atoms with E-state index in [2.05, 4.69) is 31.3 Å². The van der Waals surface area contributed by atoms with Gasteiger partial charge in [0, 0.05) is 6.04 Å². The van der Waals surface area contributed by atoms with Gasteiger partial charge >= 0.3 is 0 Å². The quantitative estimate of drug-likeness (QED) is 0.681. The molecule has 2 atom stereocenters. The predicted octanol–water partition coefficient (Wildman–Crippen LogP) is 3.03. The SMILES string of the molecule is CCCCCC(C)NC(=O)C(N)CCc1ccccc1. The topological polar surface area (TPSA) is 55.1 Å². The Bertz CT molecular complexity index is 378. The van der Waals surface area contributed by atoms with Crippen LogP contribution in [0.15, 0.2) is 30.3 Å². The second-order valence-electron chi connectivity index (χ2n) is 5.54. The molecule has 0 fully saturated rings. The van der Waals surface area contributed by atoms with Crippen LogP contribution in [-0.4, -0.2) is 18.0 Å². The van der Waals surface area contributed by atoms with E-state index >= 15 is 0 Å². The summed E-state index contributed by atoms with van der Waals surface area (Å²) in [6, 6.07) is 9.96. The van der Waals surface area contributed by atoms with E-state index < -0.39 is 6.04 Å². The molecule has 3 N–H and O–H groups in total. The largest absolute Gasteiger partial charge is 0.352 e. The number of carbonyl (C=O) groups excluding carboxylic acids is 1. The second kappa shape index (κ2) is 9.54. The number of nitrogens with two attached hydrogens (primary N) is 1. The summed E-state index contributed by atoms with van der Waals surface area (Å²) in [6.45, 7) is 4.24. The maximum absolute atomic E-state index is 12.0. The molecule has 3 nitrogen and oxygen atoms in total. The van der Waals surface area contributed by atoms with Crippen LogP contribution in [0.25, 0.3) is 0 Å². The molecule has 0 aromatic heterocycles. The lowest BCUT2D eigenvalue weighted by Gasteiger charge is -2.17. The van der Waals surface area contributed by atoms with Crippen molar-refractivity contribution in [2.45, 2.75) is 64.5 Å². The molecule has 1 rings (SSSR count). The Balaban J connectivity index is 2.25. The Morgan fingerprint density at radius 3 is 2.55 bits per heavy atom. The molecule has 0 aliphatic heterocycles. The van der Waals surface area contributed by atoms with Gasteiger partial charge in [0.1, 0.15) is 0 Å². The molecule has 0 aliphatic rings. The van der Waals surface area contributed by atoms with Crippen molar-refractivity contribution in [1.29, 1.82) is 0 Å². The number of nitrogens with one attached hydrogen (secondary N) is 1. The van der Waals surface area contributed by atoms with Crippen molar-refractivity contribution in [3.63, 3.8) is 0 Å². The fraction of sp³-hybridized carbons (Fsp3) is 0.588. The molecular formula is C17H28N2O. The predicted molar refractivity (Wildman–Crippen MR) is 84.5 cm³/mol. The van der Waals surface area contributed by atoms with E-state index in [1.807, 2.05) is 18.2 Å². The zero-order chi connectivity index (χ0) is 14.8. The van der Waals surface area contributed by atoms with Gasteiger partial charge in [0.2, 0.25) is 5.91 Å². The first-order valence-corrected chi connectivity index (χ1v) is 7.73. The van der Waals surface area contributed by atoms with Crippen molar-refractivity contribution in [3.8, 4) is 0 Å². The minimum atomic E-state index is -0.413. The molecule has 0 saturated carbocycles. The summed E-state index contributed by atoms with van der Waals surface area (Å²) in [7, 11) is 0. The first kappa shape index (κ1) is 16.7. The monoisotopic (exact) mass is 276 g/mol. The number of amides is 1. The molecule has 0 radical (unpaired) electrons. The molecule has 1 aromatic rings. The van der Waals surface area contributed by atoms with E-state index in [9.17, 15) is 4.79 Å². The van der Waals surface area contributed by atoms with Gasteiger partial charge in [-0.05, 0) is 31.7 Å². The number of rotatable bonds is 9. The van der Waals surface area contributed by atoms with Crippen LogP contribution >= 0.6 is 0 Å². The van der Waals surface area contributed by atoms with Crippen molar-refractivity contribution in [1.82, 2.24) is 5.32 Å². The van der Waals surface area contributed by atoms with Gasteiger partial charge in [-0.25, -0.2) is 0 Å². The molecule has 112 valence electrons. The highest BCUT2D eigenvalue weighted by Crippen LogP contribution is 2.06. The van der Waals surface area contributed by atoms with Crippen LogP contribution in [0.5, 0.6) is 0 Å². The summed E-state index contributed by atoms with van der Waals surface area (Å²) in [5.74, 6) is -0.0232. The third kappa shape index (κ3) is 6.71. The normalized spacial score (nSPS) is 13.8. The fourth-order valence-corrected chi connectivity index (χ4v) is 2.22. The zero-order valence-corrected chi connectivity index (χ0v) is 12.8. The molecule has 3 heteroatoms. The van der Waals surface area contributed by atoms with E-state index in [1.54, 1.807) is 0 Å². The van der Waals surface area contributed by atoms with Gasteiger partial charge in [-0.15, -0.1) is 0 Å². The Morgan fingerprint density at radius 2 is 1.90 bits per heavy atom. The summed E-state index contributed by atoms with van der Waals surface area (Å²) in [5.41, 5.74) is 7.18. The van der Waals surface area contributed by atoms with Crippen LogP contribution < -0.4 is 11.1 Å². The molecule has 0 aliphatic carbocycles. The Kier molecular flexibility index (Phi) is 7.97. The first-order valence-electron chi connectivity index (χ1n) is 7.73. The van der Waals surface area contributed by atoms with Gasteiger partial charge in [0.05, 0.1) is 6.04 Å². The third-order valence-electron chi connectivity index (χ3n) is 3.55. The fourth-order valence-electron chi connectivity index (χ4n) is 2.22. The first-order chi connectivity index (χ1) is 9.63. The molecule has 0 spiro atoms. The van der Waals surface area contributed by atoms with Gasteiger partial charge in [-0.2, -0.15) is 0 Å². The van der Waals surface area contributed by atoms with Crippen LogP contribution in [0.1, 0.15) is 51.5 Å². The van der Waals surface area contributed by atoms with Gasteiger partial charge in [0.25, 0.3) is 0 Å². The second-order valence-corrected chi connectivity index (χ2v) is 5.54. The van der Waals surface area contributed by atoms with Crippen molar-refractivity contribution in [2.75, 3.05) is 0 Å². The van der Waals surface area contributed by atoms with E-state index in [4.69, 9.17) is 5.73 Å². The molecule has 0 bridgehead atoms. The molecule has 0 heterocycles. The number of hydrogen-bond donors (Lipinski definition) is 2. The van der Waals surface area contributed by atoms with Crippen molar-refractivity contribution in [2.24, 2.45) is 5.73 Å². The lowest BCUT2D eigenvalue weighted by Crippen LogP contribution is -2.44. The van der Waals surface area contributed by atoms with E-state index in [0.717, 1.165) is 19.3 Å². The average Bonchev–Trinajstić information content (AvgIpc) is 2.46. The maximum atomic E-state index is 12.0. The minimum absolute atomic E-state index is 0.0232. The average molecular weight is 276 g/mol. The minimum Gasteiger partial charge on any atom is -0.352 e. The Labute approximate surface area is 122 Å². The van der Waals surface area contributed by atoms with E-state index in [-0.39, 0.29) is 11.9 Å². The molecule has 2 unspecified atom stereocenters. The number of hydrogen-bond acceptors (Lipinski definition) is 2. The molecular weight excluding hydrogens is 248 g/mol. The zero-order valence-electron chi connectivity index (χ0n) is 12.8. The lowest BCUT2D eigenvalue weighted by atomic mass is 10.0. The van der Waals surface area contributed by atoms with Gasteiger partial charge in [-0.3, -0.25) is 4.79 Å². The summed E-state index contributed by atoms with van der Waals surface area (Å²) >= 11 is 0. The third-order valence-corrected chi connectivity index (χ3v) is 3.55. The summed E-state index contributed by atoms with van der Waals surface area (Å²) in [4.78, 5) is 12.0. The highest BCUT2D eigenvalue weighted by atomic mass is 16.2. The molecule has 1 amide bonds. The molecule has 1 aromatic carbocycles. The number of benzene rings is 1. The summed E-state index contributed by atoms with van der Waals surface area (Å²) < 4.78 is 0. The van der Waals surface area contributed by atoms with E-state index in [0.29, 0.717) is 6.42 Å². The highest BCUT2D eigenvalue weighted by Gasteiger charge is 2.15. The summed E-state index contributed by atoms with van der Waals surface area (Å²) in [5, 5.41) is 3.01. The number of carbonyl (C=O) groups is 1. The number of aryl methyl sites for hydroxylation is 1. The maximum Gasteiger partial charge on any atom is 0.237 e. The van der Waals surface area contributed by atoms with Crippen molar-refractivity contribution in [3.05, 3.63) is 35.9 Å². The van der Waals surface area contributed by atoms with Crippen LogP contribution in [-0.2, 0) is 11.2 Å². The highest BCUT2D eigenvalue weighted by molar-refractivity contribution is 5.81. The van der Waals surface area contributed by atoms with Crippen LogP contribution in [0.3, 0.4) is 0 Å². The van der Waals surface area contributed by atoms with Crippen LogP contribution in [0, 0.1) is 0 Å². The standard InChI is InChI=1S/C17H28N2O/c1-3-4-6-9-14(2)19-17(20)16(18)13-12-15-10-7-5-8-11-15/h5,7-8,10-11,14,16H,3-4,6,9,12-13,18H2,1-2H3,(H,19,20). The van der Waals surface area contributed by atoms with Gasteiger partial charge in [0.15, 0.2) is 0 Å². The van der Waals surface area contributed by atoms with Gasteiger partial charge < -0.3 is 11.1 Å². The summed E-state index contributed by atoms with van der Waals surface area (Å²) in [6.07, 6.45) is 6.16. The number of unbranched alkanes of at least 4 members (excludes halogenated alkanes) is 2. The van der Waals surface area contributed by atoms with Crippen molar-refractivity contribution < 1.29 is 4.79 Å². The smallest absolute Gasteiger partial charge is 0.237 e. The van der Waals surface area contributed by atoms with Gasteiger partial charge in [-0.1, -0.05) is 56.5 Å². The van der Waals surface area contributed by atoms with Crippen LogP contribution in [0.4, 0.5) is 0 Å². The Morgan fingerprint density at radius 1 is 1.20 bits per heavy atom. The van der Waals surface area contributed by atoms with Crippen LogP contribution in [0.2, 0.25) is 0 Å². The Hall–Kier alpha value is -1.35.